The minimum absolute atomic E-state index is 0.231. The zero-order valence-electron chi connectivity index (χ0n) is 18.0. The van der Waals surface area contributed by atoms with Crippen LogP contribution in [-0.2, 0) is 4.74 Å². The van der Waals surface area contributed by atoms with Gasteiger partial charge in [-0.05, 0) is 46.6 Å². The van der Waals surface area contributed by atoms with Gasteiger partial charge in [-0.1, -0.05) is 35.3 Å². The summed E-state index contributed by atoms with van der Waals surface area (Å²) in [6.45, 7) is 8.77. The Labute approximate surface area is 192 Å². The first-order chi connectivity index (χ1) is 14.5. The molecule has 0 spiro atoms. The summed E-state index contributed by atoms with van der Waals surface area (Å²) in [7, 11) is 0. The highest BCUT2D eigenvalue weighted by Gasteiger charge is 2.34. The molecule has 0 aliphatic carbocycles. The average molecular weight is 462 g/mol. The molecule has 1 aliphatic rings. The Balaban J connectivity index is 1.73. The lowest BCUT2D eigenvalue weighted by molar-refractivity contribution is 0.0448. The van der Waals surface area contributed by atoms with Crippen molar-refractivity contribution < 1.29 is 9.53 Å². The van der Waals surface area contributed by atoms with E-state index in [2.05, 4.69) is 21.4 Å². The van der Waals surface area contributed by atoms with Crippen LogP contribution in [0.25, 0.3) is 11.1 Å². The Bertz CT molecular complexity index is 1020. The Morgan fingerprint density at radius 2 is 1.94 bits per heavy atom. The number of anilines is 1. The zero-order chi connectivity index (χ0) is 22.8. The highest BCUT2D eigenvalue weighted by molar-refractivity contribution is 6.43. The number of amides is 1. The van der Waals surface area contributed by atoms with Crippen molar-refractivity contribution in [2.45, 2.75) is 51.7 Å². The number of piperidine rings is 1. The molecule has 1 fully saturated rings. The first-order valence-corrected chi connectivity index (χ1v) is 10.7. The molecule has 2 aromatic rings. The number of ether oxygens (including phenoxy) is 1. The Hall–Kier alpha value is -2.56. The van der Waals surface area contributed by atoms with Crippen LogP contribution in [0.1, 0.15) is 46.2 Å². The van der Waals surface area contributed by atoms with Crippen molar-refractivity contribution in [2.24, 2.45) is 0 Å². The smallest absolute Gasteiger partial charge is 0.408 e. The largest absolute Gasteiger partial charge is 0.444 e. The summed E-state index contributed by atoms with van der Waals surface area (Å²) in [5.41, 5.74) is 0.452. The number of nitrogens with zero attached hydrogens (tertiary/aromatic N) is 4. The molecule has 0 saturated carbocycles. The van der Waals surface area contributed by atoms with Crippen molar-refractivity contribution in [3.8, 4) is 17.2 Å². The molecule has 2 heterocycles. The number of hydrogen-bond donors (Lipinski definition) is 1. The number of hydrogen-bond acceptors (Lipinski definition) is 6. The van der Waals surface area contributed by atoms with E-state index in [1.54, 1.807) is 24.4 Å². The molecule has 0 radical (unpaired) electrons. The molecule has 1 amide bonds. The van der Waals surface area contributed by atoms with Gasteiger partial charge >= 0.3 is 6.09 Å². The van der Waals surface area contributed by atoms with Gasteiger partial charge in [0.1, 0.15) is 11.7 Å². The van der Waals surface area contributed by atoms with Gasteiger partial charge in [0.15, 0.2) is 5.69 Å². The first kappa shape index (κ1) is 23.1. The highest BCUT2D eigenvalue weighted by Crippen LogP contribution is 2.35. The van der Waals surface area contributed by atoms with Crippen molar-refractivity contribution in [1.82, 2.24) is 15.3 Å². The van der Waals surface area contributed by atoms with E-state index in [9.17, 15) is 10.1 Å². The monoisotopic (exact) mass is 461 g/mol. The van der Waals surface area contributed by atoms with Crippen LogP contribution in [-0.4, -0.2) is 40.3 Å². The fraction of sp³-hybridized carbons (Fsp3) is 0.455. The number of carbonyl (C=O) groups is 1. The van der Waals surface area contributed by atoms with Gasteiger partial charge in [0, 0.05) is 36.0 Å². The number of halogens is 2. The SMILES string of the molecule is CC1(NC(=O)OC(C)(C)C)CCN(c2ncc(-c3cccc(Cl)c3Cl)c(C#N)n2)CC1. The fourth-order valence-electron chi connectivity index (χ4n) is 3.39. The van der Waals surface area contributed by atoms with Crippen LogP contribution in [0.15, 0.2) is 24.4 Å². The van der Waals surface area contributed by atoms with Crippen molar-refractivity contribution in [3.63, 3.8) is 0 Å². The second kappa shape index (κ2) is 8.89. The van der Waals surface area contributed by atoms with E-state index in [4.69, 9.17) is 27.9 Å². The number of benzene rings is 1. The van der Waals surface area contributed by atoms with E-state index >= 15 is 0 Å². The van der Waals surface area contributed by atoms with Crippen molar-refractivity contribution in [2.75, 3.05) is 18.0 Å². The van der Waals surface area contributed by atoms with Crippen molar-refractivity contribution >= 4 is 35.2 Å². The molecule has 0 unspecified atom stereocenters. The molecule has 1 saturated heterocycles. The number of alkyl carbamates (subject to hydrolysis) is 1. The number of carbonyl (C=O) groups excluding carboxylic acids is 1. The molecule has 7 nitrogen and oxygen atoms in total. The normalized spacial score (nSPS) is 15.8. The van der Waals surface area contributed by atoms with Gasteiger partial charge in [-0.3, -0.25) is 0 Å². The molecule has 0 atom stereocenters. The number of nitrogens with one attached hydrogen (secondary N) is 1. The second-order valence-electron chi connectivity index (χ2n) is 8.82. The molecular formula is C22H25Cl2N5O2. The Morgan fingerprint density at radius 1 is 1.26 bits per heavy atom. The molecule has 164 valence electrons. The van der Waals surface area contributed by atoms with E-state index in [1.807, 2.05) is 32.6 Å². The Morgan fingerprint density at radius 3 is 2.55 bits per heavy atom. The van der Waals surface area contributed by atoms with Gasteiger partial charge in [0.25, 0.3) is 0 Å². The summed E-state index contributed by atoms with van der Waals surface area (Å²) in [5.74, 6) is 0.470. The van der Waals surface area contributed by atoms with Gasteiger partial charge in [-0.15, -0.1) is 0 Å². The molecule has 1 N–H and O–H groups in total. The summed E-state index contributed by atoms with van der Waals surface area (Å²) in [5, 5.41) is 13.4. The van der Waals surface area contributed by atoms with E-state index in [-0.39, 0.29) is 11.2 Å². The highest BCUT2D eigenvalue weighted by atomic mass is 35.5. The maximum atomic E-state index is 12.2. The lowest BCUT2D eigenvalue weighted by atomic mass is 9.90. The summed E-state index contributed by atoms with van der Waals surface area (Å²) in [4.78, 5) is 23.1. The second-order valence-corrected chi connectivity index (χ2v) is 9.61. The molecular weight excluding hydrogens is 437 g/mol. The topological polar surface area (TPSA) is 91.1 Å². The lowest BCUT2D eigenvalue weighted by Gasteiger charge is -2.40. The third-order valence-electron chi connectivity index (χ3n) is 5.08. The van der Waals surface area contributed by atoms with E-state index < -0.39 is 11.7 Å². The minimum Gasteiger partial charge on any atom is -0.444 e. The van der Waals surface area contributed by atoms with Gasteiger partial charge in [-0.2, -0.15) is 5.26 Å². The van der Waals surface area contributed by atoms with Crippen LogP contribution >= 0.6 is 23.2 Å². The predicted octanol–water partition coefficient (Wildman–Crippen LogP) is 5.21. The molecule has 0 bridgehead atoms. The summed E-state index contributed by atoms with van der Waals surface area (Å²) >= 11 is 12.4. The van der Waals surface area contributed by atoms with Crippen LogP contribution in [0.5, 0.6) is 0 Å². The van der Waals surface area contributed by atoms with Crippen molar-refractivity contribution in [1.29, 1.82) is 5.26 Å². The number of nitriles is 1. The van der Waals surface area contributed by atoms with Gasteiger partial charge in [0.2, 0.25) is 5.95 Å². The van der Waals surface area contributed by atoms with E-state index in [1.165, 1.54) is 0 Å². The molecule has 1 aromatic carbocycles. The first-order valence-electron chi connectivity index (χ1n) is 9.99. The standard InChI is InChI=1S/C22H25Cl2N5O2/c1-21(2,3)31-20(30)28-22(4)8-10-29(11-9-22)19-26-13-15(17(12-25)27-19)14-6-5-7-16(23)18(14)24/h5-7,13H,8-11H2,1-4H3,(H,28,30). The average Bonchev–Trinajstić information content (AvgIpc) is 2.68. The Kier molecular flexibility index (Phi) is 6.63. The predicted molar refractivity (Wildman–Crippen MR) is 121 cm³/mol. The van der Waals surface area contributed by atoms with Crippen LogP contribution in [0.2, 0.25) is 10.0 Å². The van der Waals surface area contributed by atoms with Gasteiger partial charge in [0.05, 0.1) is 10.0 Å². The fourth-order valence-corrected chi connectivity index (χ4v) is 3.80. The summed E-state index contributed by atoms with van der Waals surface area (Å²) in [6, 6.07) is 7.36. The van der Waals surface area contributed by atoms with Gasteiger partial charge in [-0.25, -0.2) is 14.8 Å². The number of rotatable bonds is 3. The van der Waals surface area contributed by atoms with Crippen LogP contribution in [0.4, 0.5) is 10.7 Å². The van der Waals surface area contributed by atoms with Crippen LogP contribution in [0, 0.1) is 11.3 Å². The maximum Gasteiger partial charge on any atom is 0.408 e. The molecule has 1 aromatic heterocycles. The summed E-state index contributed by atoms with van der Waals surface area (Å²) < 4.78 is 5.38. The third-order valence-corrected chi connectivity index (χ3v) is 5.90. The van der Waals surface area contributed by atoms with E-state index in [0.29, 0.717) is 53.1 Å². The minimum atomic E-state index is -0.545. The van der Waals surface area contributed by atoms with Crippen LogP contribution in [0.3, 0.4) is 0 Å². The third kappa shape index (κ3) is 5.57. The molecule has 31 heavy (non-hydrogen) atoms. The van der Waals surface area contributed by atoms with Gasteiger partial charge < -0.3 is 15.0 Å². The molecule has 1 aliphatic heterocycles. The zero-order valence-corrected chi connectivity index (χ0v) is 19.5. The summed E-state index contributed by atoms with van der Waals surface area (Å²) in [6.07, 6.45) is 2.57. The van der Waals surface area contributed by atoms with Crippen molar-refractivity contribution in [3.05, 3.63) is 40.1 Å². The maximum absolute atomic E-state index is 12.2. The van der Waals surface area contributed by atoms with E-state index in [0.717, 1.165) is 0 Å². The molecule has 3 rings (SSSR count). The van der Waals surface area contributed by atoms with Crippen LogP contribution < -0.4 is 10.2 Å². The lowest BCUT2D eigenvalue weighted by Crippen LogP contribution is -2.54. The number of aromatic nitrogens is 2. The quantitative estimate of drug-likeness (QED) is 0.674. The molecule has 9 heteroatoms.